The van der Waals surface area contributed by atoms with Gasteiger partial charge in [-0.3, -0.25) is 4.79 Å². The van der Waals surface area contributed by atoms with Gasteiger partial charge in [0, 0.05) is 6.54 Å². The molecule has 1 atom stereocenters. The molecular formula is C13H19ClF2N2O. The lowest BCUT2D eigenvalue weighted by Gasteiger charge is -2.12. The summed E-state index contributed by atoms with van der Waals surface area (Å²) in [7, 11) is 1.85. The largest absolute Gasteiger partial charge is 0.355 e. The Morgan fingerprint density at radius 1 is 1.26 bits per heavy atom. The first-order valence-electron chi connectivity index (χ1n) is 5.88. The maximum Gasteiger partial charge on any atom is 0.224 e. The SMILES string of the molecule is CNCC(C)CNC(=O)Cc1ccc(F)c(F)c1.Cl. The molecule has 0 aliphatic heterocycles. The number of benzene rings is 1. The molecule has 2 N–H and O–H groups in total. The Kier molecular flexibility index (Phi) is 8.27. The molecule has 0 aliphatic rings. The average molecular weight is 293 g/mol. The molecule has 108 valence electrons. The first-order valence-corrected chi connectivity index (χ1v) is 5.88. The molecule has 1 amide bonds. The summed E-state index contributed by atoms with van der Waals surface area (Å²) in [5, 5.41) is 5.77. The van der Waals surface area contributed by atoms with E-state index in [-0.39, 0.29) is 24.7 Å². The monoisotopic (exact) mass is 292 g/mol. The van der Waals surface area contributed by atoms with Crippen molar-refractivity contribution in [1.82, 2.24) is 10.6 Å². The van der Waals surface area contributed by atoms with E-state index >= 15 is 0 Å². The molecule has 1 unspecified atom stereocenters. The summed E-state index contributed by atoms with van der Waals surface area (Å²) in [6.45, 7) is 3.38. The highest BCUT2D eigenvalue weighted by Gasteiger charge is 2.08. The smallest absolute Gasteiger partial charge is 0.224 e. The van der Waals surface area contributed by atoms with Crippen LogP contribution >= 0.6 is 12.4 Å². The zero-order valence-electron chi connectivity index (χ0n) is 11.0. The Bertz CT molecular complexity index is 416. The van der Waals surface area contributed by atoms with Crippen LogP contribution in [-0.4, -0.2) is 26.0 Å². The molecule has 1 rings (SSSR count). The number of hydrogen-bond acceptors (Lipinski definition) is 2. The topological polar surface area (TPSA) is 41.1 Å². The van der Waals surface area contributed by atoms with Crippen LogP contribution in [0.5, 0.6) is 0 Å². The lowest BCUT2D eigenvalue weighted by Crippen LogP contribution is -2.33. The molecule has 0 bridgehead atoms. The van der Waals surface area contributed by atoms with Crippen LogP contribution in [-0.2, 0) is 11.2 Å². The molecule has 0 radical (unpaired) electrons. The van der Waals surface area contributed by atoms with Gasteiger partial charge in [-0.1, -0.05) is 13.0 Å². The Hall–Kier alpha value is -1.20. The maximum atomic E-state index is 12.9. The van der Waals surface area contributed by atoms with Crippen molar-refractivity contribution in [3.8, 4) is 0 Å². The van der Waals surface area contributed by atoms with Crippen molar-refractivity contribution in [2.75, 3.05) is 20.1 Å². The van der Waals surface area contributed by atoms with Crippen LogP contribution in [0.25, 0.3) is 0 Å². The third-order valence-electron chi connectivity index (χ3n) is 2.55. The molecule has 0 saturated carbocycles. The molecule has 0 fully saturated rings. The van der Waals surface area contributed by atoms with Crippen molar-refractivity contribution >= 4 is 18.3 Å². The summed E-state index contributed by atoms with van der Waals surface area (Å²) in [5.74, 6) is -1.70. The normalized spacial score (nSPS) is 11.6. The van der Waals surface area contributed by atoms with Gasteiger partial charge in [0.1, 0.15) is 0 Å². The number of hydrogen-bond donors (Lipinski definition) is 2. The van der Waals surface area contributed by atoms with Gasteiger partial charge >= 0.3 is 0 Å². The number of amides is 1. The summed E-state index contributed by atoms with van der Waals surface area (Å²) < 4.78 is 25.6. The highest BCUT2D eigenvalue weighted by atomic mass is 35.5. The van der Waals surface area contributed by atoms with Crippen molar-refractivity contribution in [2.45, 2.75) is 13.3 Å². The first-order chi connectivity index (χ1) is 8.52. The van der Waals surface area contributed by atoms with Crippen LogP contribution < -0.4 is 10.6 Å². The number of carbonyl (C=O) groups is 1. The van der Waals surface area contributed by atoms with E-state index in [0.29, 0.717) is 18.0 Å². The van der Waals surface area contributed by atoms with E-state index in [1.807, 2.05) is 14.0 Å². The standard InChI is InChI=1S/C13H18F2N2O.ClH/c1-9(7-16-2)8-17-13(18)6-10-3-4-11(14)12(15)5-10;/h3-5,9,16H,6-8H2,1-2H3,(H,17,18);1H. The predicted molar refractivity (Wildman–Crippen MR) is 73.4 cm³/mol. The van der Waals surface area contributed by atoms with Crippen LogP contribution in [0.4, 0.5) is 8.78 Å². The summed E-state index contributed by atoms with van der Waals surface area (Å²) in [5.41, 5.74) is 0.465. The second-order valence-electron chi connectivity index (χ2n) is 4.39. The van der Waals surface area contributed by atoms with Crippen molar-refractivity contribution in [3.05, 3.63) is 35.4 Å². The summed E-state index contributed by atoms with van der Waals surface area (Å²) >= 11 is 0. The molecule has 0 spiro atoms. The number of rotatable bonds is 6. The molecule has 1 aromatic carbocycles. The Morgan fingerprint density at radius 2 is 1.95 bits per heavy atom. The third-order valence-corrected chi connectivity index (χ3v) is 2.55. The van der Waals surface area contributed by atoms with Gasteiger partial charge in [0.2, 0.25) is 5.91 Å². The molecular weight excluding hydrogens is 274 g/mol. The highest BCUT2D eigenvalue weighted by Crippen LogP contribution is 2.09. The fourth-order valence-electron chi connectivity index (χ4n) is 1.61. The minimum absolute atomic E-state index is 0. The molecule has 3 nitrogen and oxygen atoms in total. The molecule has 0 saturated heterocycles. The molecule has 0 aromatic heterocycles. The van der Waals surface area contributed by atoms with Gasteiger partial charge in [-0.25, -0.2) is 8.78 Å². The van der Waals surface area contributed by atoms with Gasteiger partial charge in [0.25, 0.3) is 0 Å². The van der Waals surface area contributed by atoms with Crippen molar-refractivity contribution in [2.24, 2.45) is 5.92 Å². The van der Waals surface area contributed by atoms with Crippen LogP contribution in [0.15, 0.2) is 18.2 Å². The first kappa shape index (κ1) is 17.8. The van der Waals surface area contributed by atoms with E-state index in [2.05, 4.69) is 10.6 Å². The Balaban J connectivity index is 0.00000324. The van der Waals surface area contributed by atoms with Gasteiger partial charge < -0.3 is 10.6 Å². The van der Waals surface area contributed by atoms with E-state index in [1.165, 1.54) is 6.07 Å². The molecule has 19 heavy (non-hydrogen) atoms. The van der Waals surface area contributed by atoms with Crippen LogP contribution in [0, 0.1) is 17.6 Å². The van der Waals surface area contributed by atoms with Crippen molar-refractivity contribution in [1.29, 1.82) is 0 Å². The van der Waals surface area contributed by atoms with Gasteiger partial charge in [0.05, 0.1) is 6.42 Å². The van der Waals surface area contributed by atoms with Gasteiger partial charge in [-0.05, 0) is 37.2 Å². The van der Waals surface area contributed by atoms with Crippen molar-refractivity contribution < 1.29 is 13.6 Å². The third kappa shape index (κ3) is 6.50. The molecule has 0 heterocycles. The zero-order valence-corrected chi connectivity index (χ0v) is 11.8. The maximum absolute atomic E-state index is 12.9. The van der Waals surface area contributed by atoms with E-state index in [0.717, 1.165) is 18.7 Å². The summed E-state index contributed by atoms with van der Waals surface area (Å²) in [4.78, 5) is 11.6. The molecule has 1 aromatic rings. The van der Waals surface area contributed by atoms with Crippen molar-refractivity contribution in [3.63, 3.8) is 0 Å². The van der Waals surface area contributed by atoms with Crippen LogP contribution in [0.1, 0.15) is 12.5 Å². The second kappa shape index (κ2) is 8.82. The van der Waals surface area contributed by atoms with Crippen LogP contribution in [0.3, 0.4) is 0 Å². The number of carbonyl (C=O) groups excluding carboxylic acids is 1. The van der Waals surface area contributed by atoms with Crippen LogP contribution in [0.2, 0.25) is 0 Å². The lowest BCUT2D eigenvalue weighted by atomic mass is 10.1. The molecule has 6 heteroatoms. The quantitative estimate of drug-likeness (QED) is 0.841. The average Bonchev–Trinajstić information content (AvgIpc) is 2.32. The number of halogens is 3. The fraction of sp³-hybridized carbons (Fsp3) is 0.462. The predicted octanol–water partition coefficient (Wildman–Crippen LogP) is 1.90. The fourth-order valence-corrected chi connectivity index (χ4v) is 1.61. The van der Waals surface area contributed by atoms with Gasteiger partial charge in [-0.15, -0.1) is 12.4 Å². The Morgan fingerprint density at radius 3 is 2.53 bits per heavy atom. The number of nitrogens with one attached hydrogen (secondary N) is 2. The summed E-state index contributed by atoms with van der Waals surface area (Å²) in [6.07, 6.45) is 0.0590. The zero-order chi connectivity index (χ0) is 13.5. The molecule has 0 aliphatic carbocycles. The second-order valence-corrected chi connectivity index (χ2v) is 4.39. The lowest BCUT2D eigenvalue weighted by molar-refractivity contribution is -0.120. The Labute approximate surface area is 118 Å². The highest BCUT2D eigenvalue weighted by molar-refractivity contribution is 5.85. The summed E-state index contributed by atoms with van der Waals surface area (Å²) in [6, 6.07) is 3.49. The van der Waals surface area contributed by atoms with E-state index in [9.17, 15) is 13.6 Å². The van der Waals surface area contributed by atoms with E-state index < -0.39 is 11.6 Å². The van der Waals surface area contributed by atoms with E-state index in [4.69, 9.17) is 0 Å². The van der Waals surface area contributed by atoms with E-state index in [1.54, 1.807) is 0 Å². The van der Waals surface area contributed by atoms with Gasteiger partial charge in [0.15, 0.2) is 11.6 Å². The minimum Gasteiger partial charge on any atom is -0.355 e. The van der Waals surface area contributed by atoms with Gasteiger partial charge in [-0.2, -0.15) is 0 Å². The minimum atomic E-state index is -0.927.